The molecule has 0 spiro atoms. The normalized spacial score (nSPS) is 11.3. The van der Waals surface area contributed by atoms with Crippen LogP contribution in [0.1, 0.15) is 32.8 Å². The number of nitrogen functional groups attached to an aromatic ring is 1. The Kier molecular flexibility index (Phi) is 7.82. The largest absolute Gasteiger partial charge is 0.459 e. The predicted octanol–water partition coefficient (Wildman–Crippen LogP) is 1.35. The fraction of sp³-hybridized carbons (Fsp3) is 0.476. The summed E-state index contributed by atoms with van der Waals surface area (Å²) in [6.07, 6.45) is 0.552. The molecule has 1 heterocycles. The van der Waals surface area contributed by atoms with Gasteiger partial charge in [-0.1, -0.05) is 30.3 Å². The van der Waals surface area contributed by atoms with Crippen molar-refractivity contribution in [1.82, 2.24) is 9.55 Å². The van der Waals surface area contributed by atoms with Crippen LogP contribution in [0.2, 0.25) is 0 Å². The molecule has 0 aliphatic carbocycles. The van der Waals surface area contributed by atoms with Crippen LogP contribution in [0.25, 0.3) is 0 Å². The predicted molar refractivity (Wildman–Crippen MR) is 116 cm³/mol. The van der Waals surface area contributed by atoms with E-state index < -0.39 is 22.8 Å². The van der Waals surface area contributed by atoms with Gasteiger partial charge in [0.2, 0.25) is 0 Å². The molecule has 164 valence electrons. The van der Waals surface area contributed by atoms with Crippen LogP contribution in [0.4, 0.5) is 11.5 Å². The zero-order chi connectivity index (χ0) is 22.3. The minimum Gasteiger partial charge on any atom is -0.459 e. The summed E-state index contributed by atoms with van der Waals surface area (Å²) in [7, 11) is 1.57. The maximum Gasteiger partial charge on any atom is 0.330 e. The lowest BCUT2D eigenvalue weighted by atomic mass is 10.2. The van der Waals surface area contributed by atoms with Gasteiger partial charge in [0.05, 0.1) is 6.54 Å². The summed E-state index contributed by atoms with van der Waals surface area (Å²) in [6, 6.07) is 9.28. The summed E-state index contributed by atoms with van der Waals surface area (Å²) in [5, 5.41) is 0. The third-order valence-electron chi connectivity index (χ3n) is 4.23. The van der Waals surface area contributed by atoms with E-state index in [0.29, 0.717) is 19.6 Å². The molecule has 0 saturated heterocycles. The van der Waals surface area contributed by atoms with Crippen LogP contribution < -0.4 is 21.9 Å². The number of nitrogens with one attached hydrogen (secondary N) is 1. The number of esters is 1. The van der Waals surface area contributed by atoms with Crippen LogP contribution in [-0.2, 0) is 20.8 Å². The van der Waals surface area contributed by atoms with Crippen LogP contribution in [0.15, 0.2) is 39.9 Å². The second kappa shape index (κ2) is 10.1. The fourth-order valence-corrected chi connectivity index (χ4v) is 3.01. The number of carbonyl (C=O) groups excluding carboxylic acids is 1. The highest BCUT2D eigenvalue weighted by atomic mass is 16.6. The summed E-state index contributed by atoms with van der Waals surface area (Å²) in [6.45, 7) is 6.06. The molecule has 1 aromatic carbocycles. The van der Waals surface area contributed by atoms with Crippen molar-refractivity contribution in [3.8, 4) is 0 Å². The Morgan fingerprint density at radius 3 is 2.47 bits per heavy atom. The van der Waals surface area contributed by atoms with E-state index in [1.54, 1.807) is 27.9 Å². The number of hydrogen-bond donors (Lipinski definition) is 2. The molecule has 9 nitrogen and oxygen atoms in total. The van der Waals surface area contributed by atoms with Gasteiger partial charge in [0.1, 0.15) is 23.7 Å². The highest BCUT2D eigenvalue weighted by Gasteiger charge is 2.24. The first kappa shape index (κ1) is 23.2. The van der Waals surface area contributed by atoms with Gasteiger partial charge < -0.3 is 20.1 Å². The lowest BCUT2D eigenvalue weighted by Gasteiger charge is -2.27. The smallest absolute Gasteiger partial charge is 0.330 e. The number of benzene rings is 1. The molecule has 0 radical (unpaired) electrons. The van der Waals surface area contributed by atoms with E-state index in [-0.39, 0.29) is 24.6 Å². The molecule has 30 heavy (non-hydrogen) atoms. The number of aromatic nitrogens is 2. The summed E-state index contributed by atoms with van der Waals surface area (Å²) >= 11 is 0. The molecule has 0 unspecified atom stereocenters. The van der Waals surface area contributed by atoms with Crippen molar-refractivity contribution >= 4 is 17.5 Å². The maximum absolute atomic E-state index is 12.6. The average molecular weight is 418 g/mol. The Balaban J connectivity index is 2.42. The van der Waals surface area contributed by atoms with Crippen LogP contribution in [-0.4, -0.2) is 47.9 Å². The van der Waals surface area contributed by atoms with E-state index in [1.807, 2.05) is 30.3 Å². The average Bonchev–Trinajstić information content (AvgIpc) is 2.64. The molecular formula is C21H30N4O5. The molecule has 9 heteroatoms. The maximum atomic E-state index is 12.6. The minimum absolute atomic E-state index is 0.00595. The molecule has 2 aromatic rings. The van der Waals surface area contributed by atoms with Gasteiger partial charge in [-0.3, -0.25) is 19.1 Å². The van der Waals surface area contributed by atoms with Crippen molar-refractivity contribution < 1.29 is 14.3 Å². The molecule has 0 bridgehead atoms. The van der Waals surface area contributed by atoms with E-state index in [0.717, 1.165) is 5.56 Å². The van der Waals surface area contributed by atoms with Gasteiger partial charge in [0.15, 0.2) is 0 Å². The first-order valence-corrected chi connectivity index (χ1v) is 9.74. The van der Waals surface area contributed by atoms with Gasteiger partial charge >= 0.3 is 11.7 Å². The molecular weight excluding hydrogens is 388 g/mol. The summed E-state index contributed by atoms with van der Waals surface area (Å²) in [5.74, 6) is -0.506. The second-order valence-corrected chi connectivity index (χ2v) is 7.92. The van der Waals surface area contributed by atoms with Crippen LogP contribution >= 0.6 is 0 Å². The molecule has 3 N–H and O–H groups in total. The topological polar surface area (TPSA) is 120 Å². The zero-order valence-corrected chi connectivity index (χ0v) is 17.9. The van der Waals surface area contributed by atoms with Gasteiger partial charge in [-0.15, -0.1) is 0 Å². The number of hydrogen-bond acceptors (Lipinski definition) is 7. The molecule has 0 atom stereocenters. The summed E-state index contributed by atoms with van der Waals surface area (Å²) in [4.78, 5) is 41.3. The molecule has 2 rings (SSSR count). The number of nitrogens with zero attached hydrogens (tertiary/aromatic N) is 2. The molecule has 0 amide bonds. The highest BCUT2D eigenvalue weighted by molar-refractivity contribution is 5.78. The van der Waals surface area contributed by atoms with Gasteiger partial charge in [-0.25, -0.2) is 4.79 Å². The van der Waals surface area contributed by atoms with Crippen molar-refractivity contribution in [2.24, 2.45) is 0 Å². The fourth-order valence-electron chi connectivity index (χ4n) is 3.01. The van der Waals surface area contributed by atoms with E-state index in [1.165, 1.54) is 9.47 Å². The van der Waals surface area contributed by atoms with Crippen molar-refractivity contribution in [1.29, 1.82) is 0 Å². The van der Waals surface area contributed by atoms with Crippen molar-refractivity contribution in [2.45, 2.75) is 39.3 Å². The molecule has 1 aromatic heterocycles. The van der Waals surface area contributed by atoms with Crippen molar-refractivity contribution in [3.63, 3.8) is 0 Å². The monoisotopic (exact) mass is 418 g/mol. The third-order valence-corrected chi connectivity index (χ3v) is 4.23. The zero-order valence-electron chi connectivity index (χ0n) is 17.9. The first-order chi connectivity index (χ1) is 14.1. The molecule has 0 saturated carbocycles. The Labute approximate surface area is 175 Å². The van der Waals surface area contributed by atoms with E-state index in [4.69, 9.17) is 15.2 Å². The number of H-pyrrole nitrogens is 1. The standard InChI is InChI=1S/C21H30N4O5/c1-21(2,3)30-16(26)14-24(11-8-12-29-4)17-18(22)25(20(28)23-19(17)27)13-15-9-6-5-7-10-15/h5-7,9-10H,8,11-14,22H2,1-4H3,(H,23,27,28). The Hall–Kier alpha value is -3.07. The number of methoxy groups -OCH3 is 1. The van der Waals surface area contributed by atoms with Crippen LogP contribution in [0.3, 0.4) is 0 Å². The quantitative estimate of drug-likeness (QED) is 0.466. The van der Waals surface area contributed by atoms with Crippen LogP contribution in [0.5, 0.6) is 0 Å². The lowest BCUT2D eigenvalue weighted by Crippen LogP contribution is -2.42. The number of carbonyl (C=O) groups is 1. The van der Waals surface area contributed by atoms with Crippen LogP contribution in [0, 0.1) is 0 Å². The van der Waals surface area contributed by atoms with E-state index in [9.17, 15) is 14.4 Å². The second-order valence-electron chi connectivity index (χ2n) is 7.92. The van der Waals surface area contributed by atoms with Crippen molar-refractivity contribution in [3.05, 3.63) is 56.7 Å². The molecule has 0 aliphatic rings. The third kappa shape index (κ3) is 6.48. The minimum atomic E-state index is -0.667. The molecule has 0 fully saturated rings. The Morgan fingerprint density at radius 1 is 1.20 bits per heavy atom. The number of rotatable bonds is 9. The number of anilines is 2. The number of ether oxygens (including phenoxy) is 2. The van der Waals surface area contributed by atoms with E-state index >= 15 is 0 Å². The first-order valence-electron chi connectivity index (χ1n) is 9.74. The summed E-state index contributed by atoms with van der Waals surface area (Å²) < 4.78 is 11.8. The lowest BCUT2D eigenvalue weighted by molar-refractivity contribution is -0.153. The van der Waals surface area contributed by atoms with Gasteiger partial charge in [0.25, 0.3) is 5.56 Å². The molecule has 0 aliphatic heterocycles. The number of nitrogens with two attached hydrogens (primary N) is 1. The Morgan fingerprint density at radius 2 is 1.87 bits per heavy atom. The highest BCUT2D eigenvalue weighted by Crippen LogP contribution is 2.19. The van der Waals surface area contributed by atoms with E-state index in [2.05, 4.69) is 4.98 Å². The van der Waals surface area contributed by atoms with Gasteiger partial charge in [-0.05, 0) is 32.8 Å². The van der Waals surface area contributed by atoms with Gasteiger partial charge in [-0.2, -0.15) is 0 Å². The SMILES string of the molecule is COCCCN(CC(=O)OC(C)(C)C)c1c(N)n(Cc2ccccc2)c(=O)[nH]c1=O. The van der Waals surface area contributed by atoms with Gasteiger partial charge in [0, 0.05) is 20.3 Å². The number of aromatic amines is 1. The summed E-state index contributed by atoms with van der Waals surface area (Å²) in [5.41, 5.74) is 5.24. The Bertz CT molecular complexity index is 960. The van der Waals surface area contributed by atoms with Crippen molar-refractivity contribution in [2.75, 3.05) is 37.4 Å².